The second kappa shape index (κ2) is 4.44. The van der Waals surface area contributed by atoms with Crippen molar-refractivity contribution in [2.75, 3.05) is 0 Å². The van der Waals surface area contributed by atoms with Gasteiger partial charge in [-0.25, -0.2) is 4.79 Å². The van der Waals surface area contributed by atoms with Crippen LogP contribution in [0.2, 0.25) is 0 Å². The number of carboxylic acids is 1. The van der Waals surface area contributed by atoms with E-state index in [1.807, 2.05) is 20.8 Å². The molecule has 0 spiro atoms. The lowest BCUT2D eigenvalue weighted by Crippen LogP contribution is -2.45. The van der Waals surface area contributed by atoms with Crippen molar-refractivity contribution < 1.29 is 14.7 Å². The number of nitrogens with zero attached hydrogens (tertiary/aromatic N) is 1. The summed E-state index contributed by atoms with van der Waals surface area (Å²) < 4.78 is 0. The van der Waals surface area contributed by atoms with Gasteiger partial charge < -0.3 is 10.0 Å². The fraction of sp³-hybridized carbons (Fsp3) is 0.833. The van der Waals surface area contributed by atoms with E-state index in [9.17, 15) is 9.59 Å². The van der Waals surface area contributed by atoms with E-state index in [0.29, 0.717) is 6.42 Å². The summed E-state index contributed by atoms with van der Waals surface area (Å²) in [6, 6.07) is -0.553. The first-order chi connectivity index (χ1) is 7.22. The molecule has 0 saturated heterocycles. The maximum atomic E-state index is 12.0. The molecule has 0 aromatic rings. The molecule has 1 aliphatic carbocycles. The van der Waals surface area contributed by atoms with Crippen LogP contribution in [-0.2, 0) is 9.59 Å². The molecule has 0 bridgehead atoms. The molecule has 1 rings (SSSR count). The first-order valence-electron chi connectivity index (χ1n) is 5.76. The molecule has 0 aromatic carbocycles. The highest BCUT2D eigenvalue weighted by Crippen LogP contribution is 2.31. The van der Waals surface area contributed by atoms with Gasteiger partial charge in [-0.3, -0.25) is 4.79 Å². The summed E-state index contributed by atoms with van der Waals surface area (Å²) in [6.07, 6.45) is 2.28. The lowest BCUT2D eigenvalue weighted by atomic mass is 9.91. The third kappa shape index (κ3) is 3.51. The van der Waals surface area contributed by atoms with Crippen molar-refractivity contribution in [3.63, 3.8) is 0 Å². The Morgan fingerprint density at radius 2 is 1.88 bits per heavy atom. The highest BCUT2D eigenvalue weighted by molar-refractivity contribution is 5.84. The molecule has 16 heavy (non-hydrogen) atoms. The molecule has 1 unspecified atom stereocenters. The molecule has 1 saturated carbocycles. The maximum Gasteiger partial charge on any atom is 0.326 e. The van der Waals surface area contributed by atoms with Gasteiger partial charge in [0.25, 0.3) is 0 Å². The van der Waals surface area contributed by atoms with E-state index in [1.165, 1.54) is 0 Å². The van der Waals surface area contributed by atoms with Crippen LogP contribution < -0.4 is 0 Å². The van der Waals surface area contributed by atoms with Crippen LogP contribution >= 0.6 is 0 Å². The number of carbonyl (C=O) groups excluding carboxylic acids is 1. The minimum absolute atomic E-state index is 0.0371. The minimum Gasteiger partial charge on any atom is -0.480 e. The van der Waals surface area contributed by atoms with Crippen molar-refractivity contribution in [3.05, 3.63) is 0 Å². The minimum atomic E-state index is -0.922. The van der Waals surface area contributed by atoms with Crippen molar-refractivity contribution in [3.8, 4) is 0 Å². The Balaban J connectivity index is 2.70. The van der Waals surface area contributed by atoms with E-state index in [0.717, 1.165) is 12.8 Å². The Hall–Kier alpha value is -1.06. The molecule has 0 heterocycles. The van der Waals surface area contributed by atoms with Crippen molar-refractivity contribution in [1.82, 2.24) is 4.90 Å². The Morgan fingerprint density at radius 1 is 1.38 bits per heavy atom. The Kier molecular flexibility index (Phi) is 3.61. The summed E-state index contributed by atoms with van der Waals surface area (Å²) in [6.45, 7) is 7.55. The number of carbonyl (C=O) groups is 2. The first kappa shape index (κ1) is 13.0. The molecule has 1 amide bonds. The van der Waals surface area contributed by atoms with Gasteiger partial charge in [-0.2, -0.15) is 0 Å². The molecule has 0 radical (unpaired) electrons. The van der Waals surface area contributed by atoms with Gasteiger partial charge in [0, 0.05) is 12.5 Å². The molecular formula is C12H21NO3. The van der Waals surface area contributed by atoms with E-state index >= 15 is 0 Å². The Labute approximate surface area is 96.6 Å². The second-order valence-electron chi connectivity index (χ2n) is 5.78. The standard InChI is InChI=1S/C12H21NO3/c1-8(11(15)16)13(9-5-6-9)10(14)7-12(2,3)4/h8-9H,5-7H2,1-4H3,(H,15,16). The van der Waals surface area contributed by atoms with Gasteiger partial charge in [0.2, 0.25) is 5.91 Å². The zero-order chi connectivity index (χ0) is 12.5. The quantitative estimate of drug-likeness (QED) is 0.797. The predicted octanol–water partition coefficient (Wildman–Crippen LogP) is 1.89. The zero-order valence-electron chi connectivity index (χ0n) is 10.5. The van der Waals surface area contributed by atoms with E-state index in [-0.39, 0.29) is 17.4 Å². The summed E-state index contributed by atoms with van der Waals surface area (Å²) in [7, 11) is 0. The number of hydrogen-bond donors (Lipinski definition) is 1. The molecule has 1 N–H and O–H groups in total. The fourth-order valence-corrected chi connectivity index (χ4v) is 1.75. The van der Waals surface area contributed by atoms with E-state index in [2.05, 4.69) is 0 Å². The number of aliphatic carboxylic acids is 1. The first-order valence-corrected chi connectivity index (χ1v) is 5.76. The number of carboxylic acid groups (broad SMARTS) is 1. The molecule has 4 heteroatoms. The monoisotopic (exact) mass is 227 g/mol. The molecule has 92 valence electrons. The summed E-state index contributed by atoms with van der Waals surface area (Å²) in [5.74, 6) is -0.959. The smallest absolute Gasteiger partial charge is 0.326 e. The van der Waals surface area contributed by atoms with E-state index in [1.54, 1.807) is 11.8 Å². The van der Waals surface area contributed by atoms with E-state index < -0.39 is 12.0 Å². The van der Waals surface area contributed by atoms with Crippen LogP contribution in [0.1, 0.15) is 47.0 Å². The van der Waals surface area contributed by atoms with Crippen LogP contribution in [0.15, 0.2) is 0 Å². The molecule has 1 aliphatic rings. The van der Waals surface area contributed by atoms with Crippen LogP contribution in [0.3, 0.4) is 0 Å². The summed E-state index contributed by atoms with van der Waals surface area (Å²) >= 11 is 0. The van der Waals surface area contributed by atoms with Gasteiger partial charge in [-0.15, -0.1) is 0 Å². The molecule has 1 fully saturated rings. The van der Waals surface area contributed by atoms with Crippen molar-refractivity contribution in [2.24, 2.45) is 5.41 Å². The van der Waals surface area contributed by atoms with E-state index in [4.69, 9.17) is 5.11 Å². The van der Waals surface area contributed by atoms with Gasteiger partial charge in [-0.1, -0.05) is 20.8 Å². The third-order valence-corrected chi connectivity index (χ3v) is 2.68. The topological polar surface area (TPSA) is 57.6 Å². The third-order valence-electron chi connectivity index (χ3n) is 2.68. The highest BCUT2D eigenvalue weighted by atomic mass is 16.4. The summed E-state index contributed by atoms with van der Waals surface area (Å²) in [5.41, 5.74) is -0.0948. The van der Waals surface area contributed by atoms with Gasteiger partial charge in [0.05, 0.1) is 0 Å². The predicted molar refractivity (Wildman–Crippen MR) is 61.0 cm³/mol. The largest absolute Gasteiger partial charge is 0.480 e. The summed E-state index contributed by atoms with van der Waals surface area (Å²) in [4.78, 5) is 24.5. The summed E-state index contributed by atoms with van der Waals surface area (Å²) in [5, 5.41) is 8.98. The fourth-order valence-electron chi connectivity index (χ4n) is 1.75. The lowest BCUT2D eigenvalue weighted by Gasteiger charge is -2.29. The SMILES string of the molecule is CC(C(=O)O)N(C(=O)CC(C)(C)C)C1CC1. The van der Waals surface area contributed by atoms with Crippen LogP contribution in [0.4, 0.5) is 0 Å². The lowest BCUT2D eigenvalue weighted by molar-refractivity contribution is -0.150. The van der Waals surface area contributed by atoms with Crippen LogP contribution in [0.5, 0.6) is 0 Å². The maximum absolute atomic E-state index is 12.0. The molecule has 4 nitrogen and oxygen atoms in total. The molecule has 1 atom stereocenters. The normalized spacial score (nSPS) is 18.0. The number of amides is 1. The van der Waals surface area contributed by atoms with Crippen molar-refractivity contribution in [2.45, 2.75) is 59.0 Å². The van der Waals surface area contributed by atoms with Gasteiger partial charge >= 0.3 is 5.97 Å². The van der Waals surface area contributed by atoms with Crippen molar-refractivity contribution >= 4 is 11.9 Å². The van der Waals surface area contributed by atoms with Gasteiger partial charge in [0.1, 0.15) is 6.04 Å². The van der Waals surface area contributed by atoms with Crippen LogP contribution in [-0.4, -0.2) is 34.0 Å². The molecule has 0 aromatic heterocycles. The Morgan fingerprint density at radius 3 is 2.19 bits per heavy atom. The average molecular weight is 227 g/mol. The Bertz CT molecular complexity index is 289. The van der Waals surface area contributed by atoms with Gasteiger partial charge in [0.15, 0.2) is 0 Å². The number of hydrogen-bond acceptors (Lipinski definition) is 2. The number of rotatable bonds is 4. The molecular weight excluding hydrogens is 206 g/mol. The van der Waals surface area contributed by atoms with Crippen molar-refractivity contribution in [1.29, 1.82) is 0 Å². The zero-order valence-corrected chi connectivity index (χ0v) is 10.5. The van der Waals surface area contributed by atoms with Crippen LogP contribution in [0.25, 0.3) is 0 Å². The highest BCUT2D eigenvalue weighted by Gasteiger charge is 2.39. The molecule has 0 aliphatic heterocycles. The van der Waals surface area contributed by atoms with Crippen LogP contribution in [0, 0.1) is 5.41 Å². The average Bonchev–Trinajstić information content (AvgIpc) is 2.84. The second-order valence-corrected chi connectivity index (χ2v) is 5.78. The van der Waals surface area contributed by atoms with Gasteiger partial charge in [-0.05, 0) is 25.2 Å².